The molecule has 1 N–H and O–H groups in total. The van der Waals surface area contributed by atoms with E-state index in [1.807, 2.05) is 16.3 Å². The number of urea groups is 1. The number of nitrogens with zero attached hydrogens (tertiary/aromatic N) is 2. The number of hydrogen-bond acceptors (Lipinski definition) is 3. The van der Waals surface area contributed by atoms with Gasteiger partial charge in [-0.1, -0.05) is 42.1 Å². The Bertz CT molecular complexity index is 652. The lowest BCUT2D eigenvalue weighted by Crippen LogP contribution is -2.40. The minimum atomic E-state index is -0.122. The standard InChI is InChI=1S/C16H17Cl2N3OS/c17-14-8-11(9-15(18)20-14)19-16(22)21(12-4-1-2-5-12)10-13-6-3-7-23-13/h3,6-9,12H,1-2,4-5,10H2,(H,19,20,22). The van der Waals surface area contributed by atoms with Crippen molar-refractivity contribution >= 4 is 46.3 Å². The fourth-order valence-electron chi connectivity index (χ4n) is 2.89. The number of hydrogen-bond donors (Lipinski definition) is 1. The fraction of sp³-hybridized carbons (Fsp3) is 0.375. The molecule has 122 valence electrons. The Balaban J connectivity index is 1.76. The number of amides is 2. The van der Waals surface area contributed by atoms with Crippen molar-refractivity contribution in [2.24, 2.45) is 0 Å². The largest absolute Gasteiger partial charge is 0.322 e. The molecule has 3 rings (SSSR count). The van der Waals surface area contributed by atoms with Crippen molar-refractivity contribution in [1.82, 2.24) is 9.88 Å². The van der Waals surface area contributed by atoms with Gasteiger partial charge in [0.1, 0.15) is 10.3 Å². The number of carbonyl (C=O) groups excluding carboxylic acids is 1. The molecule has 2 aromatic rings. The molecular weight excluding hydrogens is 353 g/mol. The Kier molecular flexibility index (Phi) is 5.41. The lowest BCUT2D eigenvalue weighted by Gasteiger charge is -2.28. The van der Waals surface area contributed by atoms with E-state index < -0.39 is 0 Å². The van der Waals surface area contributed by atoms with Crippen LogP contribution in [-0.4, -0.2) is 22.0 Å². The van der Waals surface area contributed by atoms with Gasteiger partial charge >= 0.3 is 6.03 Å². The Hall–Kier alpha value is -1.30. The highest BCUT2D eigenvalue weighted by Crippen LogP contribution is 2.27. The summed E-state index contributed by atoms with van der Waals surface area (Å²) in [5, 5.41) is 5.45. The summed E-state index contributed by atoms with van der Waals surface area (Å²) in [5.41, 5.74) is 0.564. The molecule has 4 nitrogen and oxygen atoms in total. The molecule has 0 aromatic carbocycles. The van der Waals surface area contributed by atoms with Crippen LogP contribution in [0.1, 0.15) is 30.6 Å². The van der Waals surface area contributed by atoms with Gasteiger partial charge in [0.05, 0.1) is 6.54 Å². The van der Waals surface area contributed by atoms with Gasteiger partial charge in [-0.25, -0.2) is 9.78 Å². The van der Waals surface area contributed by atoms with Crippen LogP contribution in [0.5, 0.6) is 0 Å². The van der Waals surface area contributed by atoms with Crippen molar-refractivity contribution < 1.29 is 4.79 Å². The van der Waals surface area contributed by atoms with E-state index in [0.717, 1.165) is 12.8 Å². The topological polar surface area (TPSA) is 45.2 Å². The van der Waals surface area contributed by atoms with Crippen molar-refractivity contribution in [3.8, 4) is 0 Å². The first-order valence-corrected chi connectivity index (χ1v) is 9.18. The third-order valence-corrected chi connectivity index (χ3v) is 5.20. The predicted molar refractivity (Wildman–Crippen MR) is 95.4 cm³/mol. The molecule has 23 heavy (non-hydrogen) atoms. The van der Waals surface area contributed by atoms with Crippen LogP contribution in [0.4, 0.5) is 10.5 Å². The highest BCUT2D eigenvalue weighted by Gasteiger charge is 2.27. The van der Waals surface area contributed by atoms with E-state index in [1.165, 1.54) is 17.7 Å². The average Bonchev–Trinajstić information content (AvgIpc) is 3.17. The van der Waals surface area contributed by atoms with E-state index in [2.05, 4.69) is 16.4 Å². The van der Waals surface area contributed by atoms with E-state index in [4.69, 9.17) is 23.2 Å². The summed E-state index contributed by atoms with van der Waals surface area (Å²) in [6, 6.07) is 7.42. The van der Waals surface area contributed by atoms with Gasteiger partial charge < -0.3 is 10.2 Å². The van der Waals surface area contributed by atoms with Crippen LogP contribution in [0.15, 0.2) is 29.6 Å². The molecule has 1 saturated carbocycles. The number of halogens is 2. The molecule has 0 radical (unpaired) electrons. The zero-order valence-electron chi connectivity index (χ0n) is 12.5. The van der Waals surface area contributed by atoms with Crippen molar-refractivity contribution in [2.45, 2.75) is 38.3 Å². The van der Waals surface area contributed by atoms with Crippen LogP contribution in [0, 0.1) is 0 Å². The van der Waals surface area contributed by atoms with Crippen LogP contribution in [0.3, 0.4) is 0 Å². The first kappa shape index (κ1) is 16.6. The molecule has 2 heterocycles. The summed E-state index contributed by atoms with van der Waals surface area (Å²) in [7, 11) is 0. The second kappa shape index (κ2) is 7.51. The highest BCUT2D eigenvalue weighted by atomic mass is 35.5. The van der Waals surface area contributed by atoms with Gasteiger partial charge in [-0.2, -0.15) is 0 Å². The molecule has 7 heteroatoms. The van der Waals surface area contributed by atoms with Crippen LogP contribution in [0.25, 0.3) is 0 Å². The monoisotopic (exact) mass is 369 g/mol. The zero-order chi connectivity index (χ0) is 16.2. The molecule has 1 aliphatic rings. The van der Waals surface area contributed by atoms with Crippen LogP contribution in [-0.2, 0) is 6.54 Å². The quantitative estimate of drug-likeness (QED) is 0.730. The maximum atomic E-state index is 12.8. The van der Waals surface area contributed by atoms with Crippen LogP contribution in [0.2, 0.25) is 10.3 Å². The third kappa shape index (κ3) is 4.37. The molecule has 0 bridgehead atoms. The third-order valence-electron chi connectivity index (χ3n) is 3.95. The number of rotatable bonds is 4. The summed E-state index contributed by atoms with van der Waals surface area (Å²) in [5.74, 6) is 0. The summed E-state index contributed by atoms with van der Waals surface area (Å²) in [6.07, 6.45) is 4.45. The number of anilines is 1. The molecule has 0 spiro atoms. The minimum Gasteiger partial charge on any atom is -0.316 e. The van der Waals surface area contributed by atoms with E-state index in [1.54, 1.807) is 23.5 Å². The Morgan fingerprint density at radius 1 is 1.30 bits per heavy atom. The molecule has 0 atom stereocenters. The first-order chi connectivity index (χ1) is 11.1. The molecule has 0 unspecified atom stereocenters. The van der Waals surface area contributed by atoms with Crippen molar-refractivity contribution in [3.05, 3.63) is 44.8 Å². The number of aromatic nitrogens is 1. The number of pyridine rings is 1. The van der Waals surface area contributed by atoms with Crippen molar-refractivity contribution in [1.29, 1.82) is 0 Å². The Morgan fingerprint density at radius 2 is 2.00 bits per heavy atom. The van der Waals surface area contributed by atoms with Crippen molar-refractivity contribution in [3.63, 3.8) is 0 Å². The molecule has 1 fully saturated rings. The average molecular weight is 370 g/mol. The number of thiophene rings is 1. The minimum absolute atomic E-state index is 0.122. The molecule has 0 saturated heterocycles. The van der Waals surface area contributed by atoms with Gasteiger partial charge in [-0.05, 0) is 36.4 Å². The first-order valence-electron chi connectivity index (χ1n) is 7.55. The summed E-state index contributed by atoms with van der Waals surface area (Å²) >= 11 is 13.5. The van der Waals surface area contributed by atoms with Crippen LogP contribution < -0.4 is 5.32 Å². The Labute approximate surface area is 149 Å². The van der Waals surface area contributed by atoms with Gasteiger partial charge in [-0.15, -0.1) is 11.3 Å². The maximum Gasteiger partial charge on any atom is 0.322 e. The fourth-order valence-corrected chi connectivity index (χ4v) is 4.05. The number of nitrogens with one attached hydrogen (secondary N) is 1. The van der Waals surface area contributed by atoms with Gasteiger partial charge in [-0.3, -0.25) is 0 Å². The molecule has 2 aromatic heterocycles. The van der Waals surface area contributed by atoms with Crippen molar-refractivity contribution in [2.75, 3.05) is 5.32 Å². The second-order valence-corrected chi connectivity index (χ2v) is 7.38. The molecule has 0 aliphatic heterocycles. The maximum absolute atomic E-state index is 12.8. The summed E-state index contributed by atoms with van der Waals surface area (Å²) < 4.78 is 0. The van der Waals surface area contributed by atoms with E-state index in [0.29, 0.717) is 12.2 Å². The van der Waals surface area contributed by atoms with Gasteiger partial charge in [0.15, 0.2) is 0 Å². The Morgan fingerprint density at radius 3 is 2.61 bits per heavy atom. The SMILES string of the molecule is O=C(Nc1cc(Cl)nc(Cl)c1)N(Cc1cccs1)C1CCCC1. The van der Waals surface area contributed by atoms with Crippen LogP contribution >= 0.6 is 34.5 Å². The highest BCUT2D eigenvalue weighted by molar-refractivity contribution is 7.09. The normalized spacial score (nSPS) is 14.9. The van der Waals surface area contributed by atoms with E-state index in [9.17, 15) is 4.79 Å². The second-order valence-electron chi connectivity index (χ2n) is 5.58. The van der Waals surface area contributed by atoms with Gasteiger partial charge in [0, 0.05) is 16.6 Å². The molecular formula is C16H17Cl2N3OS. The zero-order valence-corrected chi connectivity index (χ0v) is 14.8. The van der Waals surface area contributed by atoms with Gasteiger partial charge in [0.2, 0.25) is 0 Å². The molecule has 1 aliphatic carbocycles. The lowest BCUT2D eigenvalue weighted by molar-refractivity contribution is 0.185. The summed E-state index contributed by atoms with van der Waals surface area (Å²) in [4.78, 5) is 19.7. The summed E-state index contributed by atoms with van der Waals surface area (Å²) in [6.45, 7) is 0.626. The lowest BCUT2D eigenvalue weighted by atomic mass is 10.2. The molecule has 2 amide bonds. The smallest absolute Gasteiger partial charge is 0.316 e. The predicted octanol–water partition coefficient (Wildman–Crippen LogP) is 5.43. The van der Waals surface area contributed by atoms with E-state index >= 15 is 0 Å². The van der Waals surface area contributed by atoms with Gasteiger partial charge in [0.25, 0.3) is 0 Å². The number of carbonyl (C=O) groups is 1. The van der Waals surface area contributed by atoms with E-state index in [-0.39, 0.29) is 22.4 Å².